The van der Waals surface area contributed by atoms with E-state index in [2.05, 4.69) is 28.0 Å². The molecule has 1 saturated heterocycles. The standard InChI is InChI=1S/C33H44N10O3/c1-3-23(34)18-31(38-24-19-37-41(20-24)16-17-44)40-33(45)39-28-12-13-29(27-10-5-4-9-26(27)28)46-25-11-14-30(35)43(21-25)32(36)42-15-7-6-8-22(42)2/h4-5,9-11,14,18-22,28-29,34-36,38,44H,3,6-8,12-13,15-17H2,1-2H3,(H2,39,40,45)/b31-18+,34-23?,35-30?,36-32?/t22-,28-,29+/m0/s1. The monoisotopic (exact) mass is 628 g/mol. The van der Waals surface area contributed by atoms with Gasteiger partial charge in [0.1, 0.15) is 23.2 Å². The van der Waals surface area contributed by atoms with Crippen molar-refractivity contribution in [1.82, 2.24) is 29.9 Å². The van der Waals surface area contributed by atoms with Gasteiger partial charge < -0.3 is 30.8 Å². The van der Waals surface area contributed by atoms with Crippen molar-refractivity contribution in [3.05, 3.63) is 83.5 Å². The maximum absolute atomic E-state index is 13.3. The van der Waals surface area contributed by atoms with E-state index in [1.165, 1.54) is 0 Å². The number of nitrogens with zero attached hydrogens (tertiary/aromatic N) is 4. The maximum Gasteiger partial charge on any atom is 0.320 e. The van der Waals surface area contributed by atoms with Crippen molar-refractivity contribution >= 4 is 23.4 Å². The van der Waals surface area contributed by atoms with Crippen LogP contribution in [0.3, 0.4) is 0 Å². The SMILES string of the molecule is CCC(=N)/C=C(/NC(=O)N[C@H]1CC[C@@H](Oc2ccc(=N)n(C(=N)N3CCCC[C@@H]3C)c2)c2ccccc21)Nc1cnn(CCO)c1. The smallest absolute Gasteiger partial charge is 0.320 e. The zero-order valence-electron chi connectivity index (χ0n) is 26.4. The summed E-state index contributed by atoms with van der Waals surface area (Å²) in [4.78, 5) is 15.3. The number of aliphatic hydroxyl groups excluding tert-OH is 1. The number of benzene rings is 1. The average Bonchev–Trinajstić information content (AvgIpc) is 3.49. The van der Waals surface area contributed by atoms with E-state index in [9.17, 15) is 9.90 Å². The molecule has 7 N–H and O–H groups in total. The van der Waals surface area contributed by atoms with Gasteiger partial charge in [0.2, 0.25) is 5.96 Å². The fourth-order valence-corrected chi connectivity index (χ4v) is 5.97. The lowest BCUT2D eigenvalue weighted by atomic mass is 9.85. The van der Waals surface area contributed by atoms with Crippen molar-refractivity contribution in [2.75, 3.05) is 18.5 Å². The van der Waals surface area contributed by atoms with Crippen molar-refractivity contribution < 1.29 is 14.6 Å². The molecule has 46 heavy (non-hydrogen) atoms. The summed E-state index contributed by atoms with van der Waals surface area (Å²) in [5.41, 5.74) is 3.11. The molecule has 244 valence electrons. The van der Waals surface area contributed by atoms with E-state index in [0.29, 0.717) is 48.8 Å². The second kappa shape index (κ2) is 14.9. The molecule has 13 heteroatoms. The van der Waals surface area contributed by atoms with Crippen LogP contribution in [0.4, 0.5) is 10.5 Å². The fraction of sp³-hybridized carbons (Fsp3) is 0.424. The zero-order chi connectivity index (χ0) is 32.6. The molecule has 2 aliphatic rings. The van der Waals surface area contributed by atoms with Crippen molar-refractivity contribution in [1.29, 1.82) is 16.2 Å². The van der Waals surface area contributed by atoms with Gasteiger partial charge in [0.15, 0.2) is 0 Å². The number of hydrogen-bond donors (Lipinski definition) is 7. The molecule has 0 unspecified atom stereocenters. The van der Waals surface area contributed by atoms with Crippen molar-refractivity contribution in [2.24, 2.45) is 0 Å². The number of pyridine rings is 1. The number of carbonyl (C=O) groups is 1. The first kappa shape index (κ1) is 32.5. The van der Waals surface area contributed by atoms with Gasteiger partial charge in [-0.25, -0.2) is 4.79 Å². The van der Waals surface area contributed by atoms with Crippen molar-refractivity contribution in [3.8, 4) is 5.75 Å². The molecular formula is C33H44N10O3. The number of aromatic nitrogens is 3. The Kier molecular flexibility index (Phi) is 10.5. The molecular weight excluding hydrogens is 584 g/mol. The predicted molar refractivity (Wildman–Crippen MR) is 176 cm³/mol. The summed E-state index contributed by atoms with van der Waals surface area (Å²) >= 11 is 0. The van der Waals surface area contributed by atoms with E-state index >= 15 is 0 Å². The molecule has 3 aromatic rings. The van der Waals surface area contributed by atoms with Crippen LogP contribution in [0, 0.1) is 16.2 Å². The van der Waals surface area contributed by atoms with Crippen LogP contribution >= 0.6 is 0 Å². The third-order valence-corrected chi connectivity index (χ3v) is 8.43. The van der Waals surface area contributed by atoms with E-state index in [4.69, 9.17) is 21.0 Å². The maximum atomic E-state index is 13.3. The normalized spacial score (nSPS) is 19.6. The van der Waals surface area contributed by atoms with Crippen LogP contribution < -0.4 is 26.2 Å². The highest BCUT2D eigenvalue weighted by atomic mass is 16.5. The van der Waals surface area contributed by atoms with Crippen LogP contribution in [0.5, 0.6) is 5.75 Å². The molecule has 2 amide bonds. The summed E-state index contributed by atoms with van der Waals surface area (Å²) in [6.07, 6.45) is 11.4. The Bertz CT molecular complexity index is 1640. The summed E-state index contributed by atoms with van der Waals surface area (Å²) < 4.78 is 9.65. The van der Waals surface area contributed by atoms with Gasteiger partial charge in [0.25, 0.3) is 0 Å². The first-order valence-electron chi connectivity index (χ1n) is 15.9. The van der Waals surface area contributed by atoms with Gasteiger partial charge in [-0.05, 0) is 74.8 Å². The number of ether oxygens (including phenoxy) is 1. The highest BCUT2D eigenvalue weighted by Crippen LogP contribution is 2.38. The number of rotatable bonds is 10. The van der Waals surface area contributed by atoms with Gasteiger partial charge in [0.05, 0.1) is 37.3 Å². The predicted octanol–water partition coefficient (Wildman–Crippen LogP) is 4.45. The molecule has 1 aliphatic heterocycles. The van der Waals surface area contributed by atoms with Gasteiger partial charge in [0, 0.05) is 24.5 Å². The van der Waals surface area contributed by atoms with Crippen LogP contribution in [0.15, 0.2) is 66.9 Å². The van der Waals surface area contributed by atoms with Gasteiger partial charge in [-0.3, -0.25) is 25.4 Å². The Morgan fingerprint density at radius 1 is 1.11 bits per heavy atom. The van der Waals surface area contributed by atoms with E-state index in [0.717, 1.165) is 36.9 Å². The number of amides is 2. The molecule has 3 heterocycles. The minimum absolute atomic E-state index is 0.0417. The Hall–Kier alpha value is -4.91. The minimum atomic E-state index is -0.415. The van der Waals surface area contributed by atoms with E-state index in [-0.39, 0.29) is 36.2 Å². The number of urea groups is 1. The molecule has 3 atom stereocenters. The molecule has 0 bridgehead atoms. The van der Waals surface area contributed by atoms with Gasteiger partial charge in [-0.2, -0.15) is 5.10 Å². The Morgan fingerprint density at radius 3 is 2.67 bits per heavy atom. The minimum Gasteiger partial charge on any atom is -0.484 e. The second-order valence-electron chi connectivity index (χ2n) is 11.7. The van der Waals surface area contributed by atoms with E-state index < -0.39 is 6.03 Å². The number of allylic oxidation sites excluding steroid dienone is 1. The third kappa shape index (κ3) is 7.83. The summed E-state index contributed by atoms with van der Waals surface area (Å²) in [6, 6.07) is 10.9. The second-order valence-corrected chi connectivity index (χ2v) is 11.7. The summed E-state index contributed by atoms with van der Waals surface area (Å²) in [5, 5.41) is 47.8. The number of piperidine rings is 1. The fourth-order valence-electron chi connectivity index (χ4n) is 5.97. The molecule has 1 aromatic carbocycles. The van der Waals surface area contributed by atoms with E-state index in [1.54, 1.807) is 46.0 Å². The average molecular weight is 629 g/mol. The molecule has 2 aromatic heterocycles. The number of nitrogens with one attached hydrogen (secondary N) is 6. The number of likely N-dealkylation sites (tertiary alicyclic amines) is 1. The molecule has 0 radical (unpaired) electrons. The number of aliphatic hydroxyl groups is 1. The van der Waals surface area contributed by atoms with Gasteiger partial charge in [-0.15, -0.1) is 0 Å². The third-order valence-electron chi connectivity index (χ3n) is 8.43. The number of hydrogen-bond acceptors (Lipinski definition) is 8. The van der Waals surface area contributed by atoms with Crippen LogP contribution in [-0.2, 0) is 6.54 Å². The Labute approximate surface area is 268 Å². The Balaban J connectivity index is 1.28. The zero-order valence-corrected chi connectivity index (χ0v) is 26.4. The highest BCUT2D eigenvalue weighted by molar-refractivity contribution is 5.93. The summed E-state index contributed by atoms with van der Waals surface area (Å²) in [7, 11) is 0. The molecule has 0 saturated carbocycles. The Morgan fingerprint density at radius 2 is 1.91 bits per heavy atom. The van der Waals surface area contributed by atoms with Crippen molar-refractivity contribution in [2.45, 2.75) is 77.1 Å². The highest BCUT2D eigenvalue weighted by Gasteiger charge is 2.30. The van der Waals surface area contributed by atoms with Crippen molar-refractivity contribution in [3.63, 3.8) is 0 Å². The summed E-state index contributed by atoms with van der Waals surface area (Å²) in [5.74, 6) is 1.21. The molecule has 1 aliphatic carbocycles. The van der Waals surface area contributed by atoms with Crippen LogP contribution in [0.25, 0.3) is 0 Å². The molecule has 5 rings (SSSR count). The first-order valence-corrected chi connectivity index (χ1v) is 15.9. The van der Waals surface area contributed by atoms with Crippen LogP contribution in [0.1, 0.15) is 75.6 Å². The number of carbonyl (C=O) groups excluding carboxylic acids is 1. The van der Waals surface area contributed by atoms with Gasteiger partial charge in [-0.1, -0.05) is 31.2 Å². The number of fused-ring (bicyclic) bond motifs is 1. The largest absolute Gasteiger partial charge is 0.484 e. The number of anilines is 1. The lowest BCUT2D eigenvalue weighted by Crippen LogP contribution is -2.47. The quantitative estimate of drug-likeness (QED) is 0.129. The van der Waals surface area contributed by atoms with E-state index in [1.807, 2.05) is 36.1 Å². The first-order chi connectivity index (χ1) is 22.2. The summed E-state index contributed by atoms with van der Waals surface area (Å²) in [6.45, 7) is 5.11. The van der Waals surface area contributed by atoms with Gasteiger partial charge >= 0.3 is 6.03 Å². The van der Waals surface area contributed by atoms with Crippen LogP contribution in [0.2, 0.25) is 0 Å². The molecule has 1 fully saturated rings. The lowest BCUT2D eigenvalue weighted by molar-refractivity contribution is 0.170. The topological polar surface area (TPSA) is 180 Å². The van der Waals surface area contributed by atoms with Crippen LogP contribution in [-0.4, -0.2) is 61.2 Å². The lowest BCUT2D eigenvalue weighted by Gasteiger charge is -2.36. The molecule has 13 nitrogen and oxygen atoms in total. The molecule has 0 spiro atoms.